The minimum absolute atomic E-state index is 0.0392. The van der Waals surface area contributed by atoms with Crippen LogP contribution in [0.25, 0.3) is 10.9 Å². The first kappa shape index (κ1) is 13.6. The molecule has 0 aliphatic carbocycles. The summed E-state index contributed by atoms with van der Waals surface area (Å²) in [6, 6.07) is 11.6. The van der Waals surface area contributed by atoms with E-state index in [9.17, 15) is 4.79 Å². The molecule has 0 atom stereocenters. The molecule has 2 nitrogen and oxygen atoms in total. The molecular weight excluding hydrogens is 382 g/mol. The van der Waals surface area contributed by atoms with Crippen LogP contribution in [0.3, 0.4) is 0 Å². The number of hydrogen-bond donors (Lipinski definition) is 1. The molecule has 0 bridgehead atoms. The normalized spacial score (nSPS) is 10.9. The summed E-state index contributed by atoms with van der Waals surface area (Å²) in [5.41, 5.74) is 3.34. The number of carbonyl (C=O) groups excluding carboxylic acids is 1. The van der Waals surface area contributed by atoms with Crippen LogP contribution in [-0.4, -0.2) is 10.8 Å². The van der Waals surface area contributed by atoms with E-state index in [1.165, 1.54) is 0 Å². The summed E-state index contributed by atoms with van der Waals surface area (Å²) in [5.74, 6) is 0.0392. The van der Waals surface area contributed by atoms with Gasteiger partial charge in [0.25, 0.3) is 0 Å². The summed E-state index contributed by atoms with van der Waals surface area (Å²) in [4.78, 5) is 15.9. The highest BCUT2D eigenvalue weighted by atomic mass is 79.9. The lowest BCUT2D eigenvalue weighted by molar-refractivity contribution is 0.103. The molecule has 0 aliphatic rings. The van der Waals surface area contributed by atoms with Crippen LogP contribution in [0.5, 0.6) is 0 Å². The Labute approximate surface area is 133 Å². The van der Waals surface area contributed by atoms with Gasteiger partial charge >= 0.3 is 0 Å². The van der Waals surface area contributed by atoms with Crippen molar-refractivity contribution >= 4 is 48.5 Å². The van der Waals surface area contributed by atoms with Crippen LogP contribution < -0.4 is 0 Å². The standard InChI is InChI=1S/C16H11Br2NO/c1-9-11(3-2-4-14(9)18)16(20)13-8-19-15-7-10(17)5-6-12(13)15/h2-8,19H,1H3. The maximum atomic E-state index is 12.7. The fourth-order valence-corrected chi connectivity index (χ4v) is 3.01. The molecule has 0 spiro atoms. The zero-order valence-electron chi connectivity index (χ0n) is 10.7. The van der Waals surface area contributed by atoms with Gasteiger partial charge in [0.05, 0.1) is 0 Å². The lowest BCUT2D eigenvalue weighted by atomic mass is 9.99. The highest BCUT2D eigenvalue weighted by molar-refractivity contribution is 9.10. The summed E-state index contributed by atoms with van der Waals surface area (Å²) in [6.07, 6.45) is 1.78. The predicted molar refractivity (Wildman–Crippen MR) is 88.3 cm³/mol. The number of benzene rings is 2. The zero-order valence-corrected chi connectivity index (χ0v) is 13.9. The van der Waals surface area contributed by atoms with Gasteiger partial charge in [0, 0.05) is 37.2 Å². The van der Waals surface area contributed by atoms with Crippen molar-refractivity contribution < 1.29 is 4.79 Å². The van der Waals surface area contributed by atoms with Crippen molar-refractivity contribution in [2.75, 3.05) is 0 Å². The number of ketones is 1. The van der Waals surface area contributed by atoms with E-state index in [0.717, 1.165) is 31.0 Å². The molecule has 100 valence electrons. The van der Waals surface area contributed by atoms with Crippen LogP contribution in [-0.2, 0) is 0 Å². The van der Waals surface area contributed by atoms with Gasteiger partial charge in [0.2, 0.25) is 0 Å². The summed E-state index contributed by atoms with van der Waals surface area (Å²) in [5, 5.41) is 0.942. The van der Waals surface area contributed by atoms with Gasteiger partial charge in [-0.05, 0) is 30.7 Å². The summed E-state index contributed by atoms with van der Waals surface area (Å²) >= 11 is 6.90. The maximum absolute atomic E-state index is 12.7. The Morgan fingerprint density at radius 1 is 1.10 bits per heavy atom. The van der Waals surface area contributed by atoms with E-state index in [2.05, 4.69) is 36.8 Å². The summed E-state index contributed by atoms with van der Waals surface area (Å²) in [7, 11) is 0. The van der Waals surface area contributed by atoms with Gasteiger partial charge in [-0.25, -0.2) is 0 Å². The monoisotopic (exact) mass is 391 g/mol. The molecule has 0 unspecified atom stereocenters. The lowest BCUT2D eigenvalue weighted by Gasteiger charge is -2.06. The molecule has 3 rings (SSSR count). The Kier molecular flexibility index (Phi) is 3.52. The number of halogens is 2. The molecule has 0 saturated heterocycles. The molecule has 2 aromatic carbocycles. The highest BCUT2D eigenvalue weighted by Gasteiger charge is 2.16. The SMILES string of the molecule is Cc1c(Br)cccc1C(=O)c1c[nH]c2cc(Br)ccc12. The topological polar surface area (TPSA) is 32.9 Å². The lowest BCUT2D eigenvalue weighted by Crippen LogP contribution is -2.03. The number of carbonyl (C=O) groups is 1. The van der Waals surface area contributed by atoms with E-state index in [-0.39, 0.29) is 5.78 Å². The van der Waals surface area contributed by atoms with Crippen molar-refractivity contribution in [3.05, 3.63) is 68.2 Å². The third kappa shape index (κ3) is 2.23. The number of H-pyrrole nitrogens is 1. The predicted octanol–water partition coefficient (Wildman–Crippen LogP) is 5.23. The van der Waals surface area contributed by atoms with Crippen LogP contribution >= 0.6 is 31.9 Å². The first-order valence-electron chi connectivity index (χ1n) is 6.14. The van der Waals surface area contributed by atoms with E-state index in [1.54, 1.807) is 6.20 Å². The quantitative estimate of drug-likeness (QED) is 0.595. The van der Waals surface area contributed by atoms with Crippen molar-refractivity contribution in [2.24, 2.45) is 0 Å². The van der Waals surface area contributed by atoms with E-state index in [4.69, 9.17) is 0 Å². The number of hydrogen-bond acceptors (Lipinski definition) is 1. The minimum atomic E-state index is 0.0392. The number of nitrogens with one attached hydrogen (secondary N) is 1. The van der Waals surface area contributed by atoms with Crippen LogP contribution in [0.4, 0.5) is 0 Å². The number of fused-ring (bicyclic) bond motifs is 1. The second kappa shape index (κ2) is 5.19. The van der Waals surface area contributed by atoms with Gasteiger partial charge in [-0.15, -0.1) is 0 Å². The smallest absolute Gasteiger partial charge is 0.195 e. The maximum Gasteiger partial charge on any atom is 0.195 e. The third-order valence-electron chi connectivity index (χ3n) is 3.40. The summed E-state index contributed by atoms with van der Waals surface area (Å²) < 4.78 is 1.94. The van der Waals surface area contributed by atoms with Crippen LogP contribution in [0.15, 0.2) is 51.5 Å². The first-order chi connectivity index (χ1) is 9.58. The summed E-state index contributed by atoms with van der Waals surface area (Å²) in [6.45, 7) is 1.95. The Hall–Kier alpha value is -1.39. The van der Waals surface area contributed by atoms with Crippen LogP contribution in [0.2, 0.25) is 0 Å². The number of rotatable bonds is 2. The molecule has 0 aliphatic heterocycles. The molecule has 20 heavy (non-hydrogen) atoms. The van der Waals surface area contributed by atoms with Gasteiger partial charge in [-0.2, -0.15) is 0 Å². The number of aromatic nitrogens is 1. The largest absolute Gasteiger partial charge is 0.360 e. The average Bonchev–Trinajstić information content (AvgIpc) is 2.84. The molecule has 4 heteroatoms. The van der Waals surface area contributed by atoms with Gasteiger partial charge in [0.1, 0.15) is 0 Å². The fraction of sp³-hybridized carbons (Fsp3) is 0.0625. The van der Waals surface area contributed by atoms with Gasteiger partial charge < -0.3 is 4.98 Å². The Morgan fingerprint density at radius 3 is 2.70 bits per heavy atom. The Morgan fingerprint density at radius 2 is 1.90 bits per heavy atom. The second-order valence-corrected chi connectivity index (χ2v) is 6.40. The van der Waals surface area contributed by atoms with Crippen molar-refractivity contribution in [1.82, 2.24) is 4.98 Å². The van der Waals surface area contributed by atoms with Crippen molar-refractivity contribution in [1.29, 1.82) is 0 Å². The van der Waals surface area contributed by atoms with Crippen LogP contribution in [0.1, 0.15) is 21.5 Å². The fourth-order valence-electron chi connectivity index (χ4n) is 2.28. The molecule has 1 heterocycles. The van der Waals surface area contributed by atoms with Gasteiger partial charge in [-0.3, -0.25) is 4.79 Å². The molecule has 0 saturated carbocycles. The first-order valence-corrected chi connectivity index (χ1v) is 7.73. The molecule has 0 amide bonds. The highest BCUT2D eigenvalue weighted by Crippen LogP contribution is 2.27. The molecule has 3 aromatic rings. The molecule has 1 aromatic heterocycles. The van der Waals surface area contributed by atoms with Crippen molar-refractivity contribution in [3.8, 4) is 0 Å². The van der Waals surface area contributed by atoms with E-state index in [1.807, 2.05) is 43.3 Å². The Bertz CT molecular complexity index is 820. The third-order valence-corrected chi connectivity index (χ3v) is 4.75. The van der Waals surface area contributed by atoms with Crippen molar-refractivity contribution in [3.63, 3.8) is 0 Å². The second-order valence-electron chi connectivity index (χ2n) is 4.63. The zero-order chi connectivity index (χ0) is 14.3. The molecule has 0 radical (unpaired) electrons. The van der Waals surface area contributed by atoms with Gasteiger partial charge in [-0.1, -0.05) is 50.1 Å². The molecule has 0 fully saturated rings. The average molecular weight is 393 g/mol. The van der Waals surface area contributed by atoms with Crippen molar-refractivity contribution in [2.45, 2.75) is 6.92 Å². The number of aromatic amines is 1. The van der Waals surface area contributed by atoms with E-state index >= 15 is 0 Å². The van der Waals surface area contributed by atoms with Gasteiger partial charge in [0.15, 0.2) is 5.78 Å². The molecular formula is C16H11Br2NO. The van der Waals surface area contributed by atoms with E-state index in [0.29, 0.717) is 5.56 Å². The van der Waals surface area contributed by atoms with E-state index < -0.39 is 0 Å². The molecule has 1 N–H and O–H groups in total. The minimum Gasteiger partial charge on any atom is -0.360 e. The Balaban J connectivity index is 2.16. The van der Waals surface area contributed by atoms with Crippen LogP contribution in [0, 0.1) is 6.92 Å².